The van der Waals surface area contributed by atoms with Crippen molar-refractivity contribution in [1.82, 2.24) is 41.5 Å². The highest BCUT2D eigenvalue weighted by Gasteiger charge is 2.36. The number of fused-ring (bicyclic) bond motifs is 5. The number of rotatable bonds is 18. The van der Waals surface area contributed by atoms with Crippen LogP contribution in [-0.4, -0.2) is 121 Å². The van der Waals surface area contributed by atoms with E-state index in [4.69, 9.17) is 26.7 Å². The van der Waals surface area contributed by atoms with Crippen LogP contribution in [0.3, 0.4) is 0 Å². The zero-order valence-electron chi connectivity index (χ0n) is 39.8. The summed E-state index contributed by atoms with van der Waals surface area (Å²) in [6.07, 6.45) is 1.30. The molecule has 0 fully saturated rings. The number of hydrogen-bond donors (Lipinski definition) is 8. The smallest absolute Gasteiger partial charge is 0.255 e. The lowest BCUT2D eigenvalue weighted by Gasteiger charge is -2.33. The van der Waals surface area contributed by atoms with Crippen LogP contribution in [0.5, 0.6) is 11.5 Å². The zero-order chi connectivity index (χ0) is 50.4. The van der Waals surface area contributed by atoms with E-state index in [2.05, 4.69) is 57.3 Å². The van der Waals surface area contributed by atoms with Crippen LogP contribution in [0.2, 0.25) is 0 Å². The molecule has 0 aliphatic carbocycles. The van der Waals surface area contributed by atoms with E-state index >= 15 is 0 Å². The first-order chi connectivity index (χ1) is 32.9. The first-order valence-electron chi connectivity index (χ1n) is 22.6. The van der Waals surface area contributed by atoms with Gasteiger partial charge in [-0.2, -0.15) is 5.26 Å². The van der Waals surface area contributed by atoms with E-state index in [1.165, 1.54) is 20.2 Å². The van der Waals surface area contributed by atoms with Gasteiger partial charge in [-0.3, -0.25) is 28.8 Å². The molecular formula is C49H62N12O8. The number of primary amides is 1. The van der Waals surface area contributed by atoms with Gasteiger partial charge >= 0.3 is 0 Å². The fourth-order valence-electron chi connectivity index (χ4n) is 7.61. The second-order valence-electron chi connectivity index (χ2n) is 17.6. The van der Waals surface area contributed by atoms with Gasteiger partial charge in [0.15, 0.2) is 5.82 Å². The molecule has 6 amide bonds. The summed E-state index contributed by atoms with van der Waals surface area (Å²) in [5, 5.41) is 22.8. The van der Waals surface area contributed by atoms with Crippen LogP contribution in [0.25, 0.3) is 22.5 Å². The number of hydrogen-bond acceptors (Lipinski definition) is 14. The normalized spacial score (nSPS) is 16.4. The van der Waals surface area contributed by atoms with Gasteiger partial charge in [0.05, 0.1) is 23.9 Å². The molecule has 3 aromatic carbocycles. The Balaban J connectivity index is 1.59. The number of aromatic nitrogens is 2. The number of nitrogens with zero attached hydrogens (tertiary/aromatic N) is 4. The minimum absolute atomic E-state index is 0.0188. The second-order valence-corrected chi connectivity index (χ2v) is 17.6. The van der Waals surface area contributed by atoms with Crippen molar-refractivity contribution in [3.63, 3.8) is 0 Å². The number of carbonyl (C=O) groups is 6. The number of nitrogens with two attached hydrogens (primary N) is 3. The van der Waals surface area contributed by atoms with E-state index in [0.717, 1.165) is 16.0 Å². The lowest BCUT2D eigenvalue weighted by atomic mass is 9.87. The fraction of sp³-hybridized carbons (Fsp3) is 0.408. The predicted molar refractivity (Wildman–Crippen MR) is 257 cm³/mol. The average molecular weight is 947 g/mol. The van der Waals surface area contributed by atoms with Crippen LogP contribution >= 0.6 is 0 Å². The summed E-state index contributed by atoms with van der Waals surface area (Å²) in [4.78, 5) is 92.8. The summed E-state index contributed by atoms with van der Waals surface area (Å²) >= 11 is 0. The van der Waals surface area contributed by atoms with Gasteiger partial charge in [-0.05, 0) is 73.2 Å². The summed E-state index contributed by atoms with van der Waals surface area (Å²) in [6.45, 7) is 9.51. The minimum atomic E-state index is -1.46. The standard InChI is InChI=1S/C49H62N12O8/c1-28-36(26-56-43(57-28)31-8-11-33(12-9-31)49(3,4)5)45(64)59-37(15-19-54-27-41(53)62)48(67)61(6)42-32-10-14-40(69-22-18-52)35(25-32)34-23-30(7-13-39(34)68-21-17-51)24-38(46(65)55-20-16-50)60-44(63)29(2)58-47(42)66/h7-14,23,25-26,29,37-38,42,54H,15,17-22,24,27,51-52H2,1-6H3,(H2,53,62)(H,55,65)(H,58,66)(H,59,64)(H,60,63). The molecule has 2 heterocycles. The van der Waals surface area contributed by atoms with Crippen LogP contribution in [0.15, 0.2) is 66.9 Å². The molecule has 1 aromatic heterocycles. The molecule has 4 atom stereocenters. The van der Waals surface area contributed by atoms with E-state index in [9.17, 15) is 34.0 Å². The number of nitriles is 1. The zero-order valence-corrected chi connectivity index (χ0v) is 39.8. The minimum Gasteiger partial charge on any atom is -0.492 e. The Hall–Kier alpha value is -7.47. The van der Waals surface area contributed by atoms with Crippen molar-refractivity contribution in [2.45, 2.75) is 77.0 Å². The maximum Gasteiger partial charge on any atom is 0.255 e. The molecule has 20 heteroatoms. The van der Waals surface area contributed by atoms with Gasteiger partial charge in [0.2, 0.25) is 29.5 Å². The number of ether oxygens (including phenoxy) is 2. The largest absolute Gasteiger partial charge is 0.492 e. The Labute approximate surface area is 401 Å². The first kappa shape index (κ1) is 52.5. The van der Waals surface area contributed by atoms with Gasteiger partial charge in [0, 0.05) is 49.4 Å². The summed E-state index contributed by atoms with van der Waals surface area (Å²) in [5.41, 5.74) is 21.1. The fourth-order valence-corrected chi connectivity index (χ4v) is 7.61. The number of amides is 6. The average Bonchev–Trinajstić information content (AvgIpc) is 3.31. The van der Waals surface area contributed by atoms with Gasteiger partial charge in [-0.25, -0.2) is 9.97 Å². The van der Waals surface area contributed by atoms with Crippen molar-refractivity contribution in [3.8, 4) is 40.1 Å². The van der Waals surface area contributed by atoms with Crippen LogP contribution in [0.1, 0.15) is 72.9 Å². The Morgan fingerprint density at radius 3 is 2.20 bits per heavy atom. The summed E-state index contributed by atoms with van der Waals surface area (Å²) in [7, 11) is 1.38. The molecule has 4 aromatic rings. The molecule has 1 aliphatic rings. The molecule has 20 nitrogen and oxygen atoms in total. The van der Waals surface area contributed by atoms with E-state index in [1.807, 2.05) is 30.3 Å². The number of nitrogens with one attached hydrogen (secondary N) is 5. The van der Waals surface area contributed by atoms with E-state index in [-0.39, 0.29) is 75.3 Å². The Kier molecular flexibility index (Phi) is 18.3. The van der Waals surface area contributed by atoms with Crippen molar-refractivity contribution in [3.05, 3.63) is 94.8 Å². The van der Waals surface area contributed by atoms with Crippen molar-refractivity contribution in [1.29, 1.82) is 5.26 Å². The first-order valence-corrected chi connectivity index (χ1v) is 22.6. The molecule has 0 spiro atoms. The van der Waals surface area contributed by atoms with Crippen LogP contribution in [0, 0.1) is 18.3 Å². The van der Waals surface area contributed by atoms with Gasteiger partial charge in [0.25, 0.3) is 5.91 Å². The molecule has 1 aliphatic heterocycles. The summed E-state index contributed by atoms with van der Waals surface area (Å²) in [5.74, 6) is -3.07. The van der Waals surface area contributed by atoms with E-state index in [0.29, 0.717) is 39.7 Å². The molecule has 0 saturated heterocycles. The molecule has 0 saturated carbocycles. The lowest BCUT2D eigenvalue weighted by molar-refractivity contribution is -0.141. The molecule has 69 heavy (non-hydrogen) atoms. The second kappa shape index (κ2) is 24.0. The lowest BCUT2D eigenvalue weighted by Crippen LogP contribution is -2.56. The highest BCUT2D eigenvalue weighted by molar-refractivity contribution is 6.00. The van der Waals surface area contributed by atoms with Crippen LogP contribution in [-0.2, 0) is 35.8 Å². The van der Waals surface area contributed by atoms with Crippen molar-refractivity contribution >= 4 is 35.4 Å². The number of aryl methyl sites for hydroxylation is 1. The Bertz CT molecular complexity index is 2560. The molecular weight excluding hydrogens is 885 g/mol. The van der Waals surface area contributed by atoms with Crippen LogP contribution < -0.4 is 53.3 Å². The van der Waals surface area contributed by atoms with Gasteiger partial charge < -0.3 is 58.2 Å². The number of likely N-dealkylation sites (N-methyl/N-ethyl adjacent to an activating group) is 1. The summed E-state index contributed by atoms with van der Waals surface area (Å²) in [6, 6.07) is 14.5. The van der Waals surface area contributed by atoms with E-state index < -0.39 is 59.6 Å². The quantitative estimate of drug-likeness (QED) is 0.0511. The third kappa shape index (κ3) is 13.8. The van der Waals surface area contributed by atoms with Crippen molar-refractivity contribution < 1.29 is 38.2 Å². The molecule has 0 radical (unpaired) electrons. The van der Waals surface area contributed by atoms with E-state index in [1.54, 1.807) is 43.3 Å². The molecule has 4 unspecified atom stereocenters. The molecule has 5 rings (SSSR count). The SMILES string of the molecule is Cc1nc(-c2ccc(C(C)(C)C)cc2)ncc1C(=O)NC(CCNCC(N)=O)C(=O)N(C)C1C(=O)NC(C)C(=O)NC(C(=O)NCC#N)Cc2ccc(OCCN)c(c2)-c2cc1ccc2OCCN. The molecule has 11 N–H and O–H groups in total. The van der Waals surface area contributed by atoms with Gasteiger partial charge in [-0.15, -0.1) is 0 Å². The van der Waals surface area contributed by atoms with Gasteiger partial charge in [-0.1, -0.05) is 57.2 Å². The Morgan fingerprint density at radius 2 is 1.59 bits per heavy atom. The van der Waals surface area contributed by atoms with Crippen LogP contribution in [0.4, 0.5) is 0 Å². The maximum atomic E-state index is 14.9. The highest BCUT2D eigenvalue weighted by atomic mass is 16.5. The third-order valence-electron chi connectivity index (χ3n) is 11.3. The summed E-state index contributed by atoms with van der Waals surface area (Å²) < 4.78 is 12.2. The van der Waals surface area contributed by atoms with Crippen molar-refractivity contribution in [2.24, 2.45) is 17.2 Å². The monoisotopic (exact) mass is 946 g/mol. The Morgan fingerprint density at radius 1 is 0.942 bits per heavy atom. The predicted octanol–water partition coefficient (Wildman–Crippen LogP) is 1.04. The highest BCUT2D eigenvalue weighted by Crippen LogP contribution is 2.40. The topological polar surface area (TPSA) is 312 Å². The molecule has 366 valence electrons. The van der Waals surface area contributed by atoms with Crippen molar-refractivity contribution in [2.75, 3.05) is 53.0 Å². The number of carbonyl (C=O) groups excluding carboxylic acids is 6. The maximum absolute atomic E-state index is 14.9. The molecule has 4 bridgehead atoms. The third-order valence-corrected chi connectivity index (χ3v) is 11.3. The number of benzene rings is 3. The van der Waals surface area contributed by atoms with Gasteiger partial charge in [0.1, 0.15) is 55.4 Å².